The van der Waals surface area contributed by atoms with E-state index in [-0.39, 0.29) is 6.03 Å². The third kappa shape index (κ3) is 3.24. The second-order valence-corrected chi connectivity index (χ2v) is 5.34. The van der Waals surface area contributed by atoms with Crippen LogP contribution in [0.25, 0.3) is 21.9 Å². The van der Waals surface area contributed by atoms with E-state index in [9.17, 15) is 4.79 Å². The molecule has 3 rings (SSSR count). The fraction of sp³-hybridized carbons (Fsp3) is 0.118. The summed E-state index contributed by atoms with van der Waals surface area (Å²) in [6.07, 6.45) is 5.15. The number of hydrogen-bond donors (Lipinski definition) is 2. The van der Waals surface area contributed by atoms with Gasteiger partial charge in [-0.3, -0.25) is 10.3 Å². The van der Waals surface area contributed by atoms with Gasteiger partial charge in [-0.1, -0.05) is 17.7 Å². The smallest absolute Gasteiger partial charge is 0.320 e. The van der Waals surface area contributed by atoms with E-state index in [0.717, 1.165) is 21.9 Å². The minimum absolute atomic E-state index is 0.285. The zero-order valence-electron chi connectivity index (χ0n) is 12.5. The molecule has 116 valence electrons. The molecule has 0 bridgehead atoms. The first-order chi connectivity index (χ1) is 11.2. The molecule has 0 atom stereocenters. The van der Waals surface area contributed by atoms with Crippen molar-refractivity contribution >= 4 is 34.2 Å². The van der Waals surface area contributed by atoms with Crippen LogP contribution in [0.3, 0.4) is 0 Å². The summed E-state index contributed by atoms with van der Waals surface area (Å²) in [5.41, 5.74) is 2.03. The molecular formula is C17H15ClN4O. The number of nitrogens with zero attached hydrogens (tertiary/aromatic N) is 2. The number of anilines is 1. The second kappa shape index (κ2) is 6.62. The van der Waals surface area contributed by atoms with E-state index >= 15 is 0 Å². The average Bonchev–Trinajstić information content (AvgIpc) is 2.56. The topological polar surface area (TPSA) is 66.9 Å². The van der Waals surface area contributed by atoms with Gasteiger partial charge in [0.05, 0.1) is 0 Å². The molecule has 2 amide bonds. The highest BCUT2D eigenvalue weighted by Crippen LogP contribution is 2.33. The predicted octanol–water partition coefficient (Wildman–Crippen LogP) is 4.09. The molecule has 0 aliphatic rings. The lowest BCUT2D eigenvalue weighted by atomic mass is 10.0. The molecule has 2 N–H and O–H groups in total. The molecule has 0 aliphatic carbocycles. The van der Waals surface area contributed by atoms with E-state index in [1.54, 1.807) is 18.6 Å². The van der Waals surface area contributed by atoms with Crippen molar-refractivity contribution in [2.45, 2.75) is 6.92 Å². The Labute approximate surface area is 138 Å². The van der Waals surface area contributed by atoms with Crippen molar-refractivity contribution in [1.82, 2.24) is 15.3 Å². The molecular weight excluding hydrogens is 312 g/mol. The number of pyridine rings is 2. The number of hydrogen-bond acceptors (Lipinski definition) is 3. The van der Waals surface area contributed by atoms with Crippen LogP contribution in [0.2, 0.25) is 5.02 Å². The summed E-state index contributed by atoms with van der Waals surface area (Å²) in [6.45, 7) is 2.40. The highest BCUT2D eigenvalue weighted by atomic mass is 35.5. The lowest BCUT2D eigenvalue weighted by Crippen LogP contribution is -2.28. The number of halogens is 1. The number of fused-ring (bicyclic) bond motifs is 1. The number of carbonyl (C=O) groups excluding carboxylic acids is 1. The Kier molecular flexibility index (Phi) is 4.39. The van der Waals surface area contributed by atoms with Crippen LogP contribution in [0.4, 0.5) is 10.6 Å². The first kappa shape index (κ1) is 15.2. The van der Waals surface area contributed by atoms with E-state index in [2.05, 4.69) is 20.6 Å². The largest absolute Gasteiger partial charge is 0.338 e. The van der Waals surface area contributed by atoms with E-state index in [0.29, 0.717) is 17.4 Å². The standard InChI is InChI=1S/C17H15ClN4O/c1-2-20-17(23)22-16-9-13-12(11-5-7-19-8-6-11)3-4-15(18)14(13)10-21-16/h3-10H,2H2,1H3,(H2,20,21,22,23). The fourth-order valence-corrected chi connectivity index (χ4v) is 2.59. The Morgan fingerprint density at radius 2 is 1.96 bits per heavy atom. The van der Waals surface area contributed by atoms with Gasteiger partial charge in [0.1, 0.15) is 5.82 Å². The van der Waals surface area contributed by atoms with Crippen LogP contribution in [0.15, 0.2) is 48.9 Å². The van der Waals surface area contributed by atoms with Crippen LogP contribution >= 0.6 is 11.6 Å². The van der Waals surface area contributed by atoms with Gasteiger partial charge in [-0.15, -0.1) is 0 Å². The number of benzene rings is 1. The third-order valence-corrected chi connectivity index (χ3v) is 3.75. The first-order valence-corrected chi connectivity index (χ1v) is 7.60. The van der Waals surface area contributed by atoms with Crippen LogP contribution in [0.5, 0.6) is 0 Å². The Balaban J connectivity index is 2.10. The van der Waals surface area contributed by atoms with E-state index in [1.807, 2.05) is 37.3 Å². The summed E-state index contributed by atoms with van der Waals surface area (Å²) in [4.78, 5) is 20.0. The van der Waals surface area contributed by atoms with E-state index in [1.165, 1.54) is 0 Å². The Bertz CT molecular complexity index is 852. The normalized spacial score (nSPS) is 10.5. The van der Waals surface area contributed by atoms with Gasteiger partial charge < -0.3 is 5.32 Å². The number of amides is 2. The van der Waals surface area contributed by atoms with Crippen LogP contribution < -0.4 is 10.6 Å². The number of nitrogens with one attached hydrogen (secondary N) is 2. The predicted molar refractivity (Wildman–Crippen MR) is 92.7 cm³/mol. The van der Waals surface area contributed by atoms with Gasteiger partial charge in [-0.05, 0) is 47.7 Å². The molecule has 0 unspecified atom stereocenters. The van der Waals surface area contributed by atoms with Crippen molar-refractivity contribution in [3.05, 3.63) is 53.9 Å². The van der Waals surface area contributed by atoms with Crippen molar-refractivity contribution in [3.63, 3.8) is 0 Å². The first-order valence-electron chi connectivity index (χ1n) is 7.22. The van der Waals surface area contributed by atoms with Gasteiger partial charge in [0.25, 0.3) is 0 Å². The Morgan fingerprint density at radius 3 is 2.70 bits per heavy atom. The third-order valence-electron chi connectivity index (χ3n) is 3.42. The molecule has 0 fully saturated rings. The quantitative estimate of drug-likeness (QED) is 0.761. The molecule has 0 radical (unpaired) electrons. The Hall–Kier alpha value is -2.66. The molecule has 5 nitrogen and oxygen atoms in total. The molecule has 2 aromatic heterocycles. The zero-order valence-corrected chi connectivity index (χ0v) is 13.3. The monoisotopic (exact) mass is 326 g/mol. The lowest BCUT2D eigenvalue weighted by Gasteiger charge is -2.11. The van der Waals surface area contributed by atoms with Gasteiger partial charge in [0, 0.05) is 35.5 Å². The van der Waals surface area contributed by atoms with Crippen LogP contribution in [-0.2, 0) is 0 Å². The molecule has 0 saturated carbocycles. The zero-order chi connectivity index (χ0) is 16.2. The summed E-state index contributed by atoms with van der Waals surface area (Å²) < 4.78 is 0. The number of aromatic nitrogens is 2. The summed E-state index contributed by atoms with van der Waals surface area (Å²) >= 11 is 6.27. The van der Waals surface area contributed by atoms with Gasteiger partial charge in [0.2, 0.25) is 0 Å². The van der Waals surface area contributed by atoms with Gasteiger partial charge in [-0.25, -0.2) is 9.78 Å². The molecule has 3 aromatic rings. The maximum absolute atomic E-state index is 11.7. The summed E-state index contributed by atoms with van der Waals surface area (Å²) in [5.74, 6) is 0.473. The maximum Gasteiger partial charge on any atom is 0.320 e. The minimum atomic E-state index is -0.285. The Morgan fingerprint density at radius 1 is 1.17 bits per heavy atom. The highest BCUT2D eigenvalue weighted by molar-refractivity contribution is 6.36. The molecule has 1 aromatic carbocycles. The van der Waals surface area contributed by atoms with Crippen LogP contribution in [0, 0.1) is 0 Å². The van der Waals surface area contributed by atoms with Crippen molar-refractivity contribution in [3.8, 4) is 11.1 Å². The number of carbonyl (C=O) groups is 1. The fourth-order valence-electron chi connectivity index (χ4n) is 2.38. The lowest BCUT2D eigenvalue weighted by molar-refractivity contribution is 0.252. The van der Waals surface area contributed by atoms with E-state index < -0.39 is 0 Å². The summed E-state index contributed by atoms with van der Waals surface area (Å²) in [7, 11) is 0. The van der Waals surface area contributed by atoms with Crippen molar-refractivity contribution in [1.29, 1.82) is 0 Å². The van der Waals surface area contributed by atoms with E-state index in [4.69, 9.17) is 11.6 Å². The van der Waals surface area contributed by atoms with Crippen LogP contribution in [0.1, 0.15) is 6.92 Å². The molecule has 0 aliphatic heterocycles. The van der Waals surface area contributed by atoms with Gasteiger partial charge >= 0.3 is 6.03 Å². The van der Waals surface area contributed by atoms with Crippen molar-refractivity contribution in [2.24, 2.45) is 0 Å². The summed E-state index contributed by atoms with van der Waals surface area (Å²) in [5, 5.41) is 7.77. The highest BCUT2D eigenvalue weighted by Gasteiger charge is 2.10. The van der Waals surface area contributed by atoms with Crippen molar-refractivity contribution < 1.29 is 4.79 Å². The molecule has 0 saturated heterocycles. The van der Waals surface area contributed by atoms with Crippen molar-refractivity contribution in [2.75, 3.05) is 11.9 Å². The number of rotatable bonds is 3. The maximum atomic E-state index is 11.7. The van der Waals surface area contributed by atoms with Crippen LogP contribution in [-0.4, -0.2) is 22.5 Å². The second-order valence-electron chi connectivity index (χ2n) is 4.93. The molecule has 2 heterocycles. The molecule has 23 heavy (non-hydrogen) atoms. The van der Waals surface area contributed by atoms with Gasteiger partial charge in [0.15, 0.2) is 0 Å². The average molecular weight is 327 g/mol. The minimum Gasteiger partial charge on any atom is -0.338 e. The molecule has 6 heteroatoms. The summed E-state index contributed by atoms with van der Waals surface area (Å²) in [6, 6.07) is 9.20. The molecule has 0 spiro atoms. The SMILES string of the molecule is CCNC(=O)Nc1cc2c(-c3ccncc3)ccc(Cl)c2cn1. The van der Waals surface area contributed by atoms with Gasteiger partial charge in [-0.2, -0.15) is 0 Å². The number of urea groups is 1.